The first-order chi connectivity index (χ1) is 12.4. The lowest BCUT2D eigenvalue weighted by Gasteiger charge is -2.31. The number of sulfonamides is 1. The Hall–Kier alpha value is -2.32. The number of rotatable bonds is 4. The third kappa shape index (κ3) is 3.91. The smallest absolute Gasteiger partial charge is 0.251 e. The van der Waals surface area contributed by atoms with Crippen LogP contribution >= 0.6 is 0 Å². The molecule has 0 aromatic heterocycles. The summed E-state index contributed by atoms with van der Waals surface area (Å²) < 4.78 is 53.1. The van der Waals surface area contributed by atoms with Gasteiger partial charge in [-0.25, -0.2) is 17.2 Å². The second-order valence-electron chi connectivity index (χ2n) is 6.09. The molecule has 138 valence electrons. The zero-order valence-electron chi connectivity index (χ0n) is 13.9. The number of piperidine rings is 1. The number of amides is 1. The van der Waals surface area contributed by atoms with E-state index in [0.29, 0.717) is 18.4 Å². The van der Waals surface area contributed by atoms with Crippen molar-refractivity contribution in [1.29, 1.82) is 0 Å². The minimum atomic E-state index is -3.90. The summed E-state index contributed by atoms with van der Waals surface area (Å²) in [5.74, 6) is -1.53. The third-order valence-corrected chi connectivity index (χ3v) is 6.28. The van der Waals surface area contributed by atoms with Gasteiger partial charge in [0.2, 0.25) is 10.0 Å². The molecule has 2 aromatic carbocycles. The zero-order valence-corrected chi connectivity index (χ0v) is 14.7. The third-order valence-electron chi connectivity index (χ3n) is 4.35. The highest BCUT2D eigenvalue weighted by Gasteiger charge is 2.31. The lowest BCUT2D eigenvalue weighted by atomic mass is 10.1. The molecule has 5 nitrogen and oxygen atoms in total. The minimum Gasteiger partial charge on any atom is -0.349 e. The van der Waals surface area contributed by atoms with Crippen LogP contribution in [-0.2, 0) is 10.0 Å². The summed E-state index contributed by atoms with van der Waals surface area (Å²) in [5.41, 5.74) is 0.341. The molecule has 1 N–H and O–H groups in total. The van der Waals surface area contributed by atoms with Gasteiger partial charge in [-0.05, 0) is 49.2 Å². The van der Waals surface area contributed by atoms with E-state index >= 15 is 0 Å². The van der Waals surface area contributed by atoms with Crippen LogP contribution in [0.3, 0.4) is 0 Å². The van der Waals surface area contributed by atoms with E-state index in [1.54, 1.807) is 0 Å². The van der Waals surface area contributed by atoms with Gasteiger partial charge in [-0.15, -0.1) is 0 Å². The highest BCUT2D eigenvalue weighted by Crippen LogP contribution is 2.23. The Balaban J connectivity index is 1.61. The molecule has 3 rings (SSSR count). The molecule has 26 heavy (non-hydrogen) atoms. The van der Waals surface area contributed by atoms with E-state index in [-0.39, 0.29) is 29.9 Å². The molecule has 1 fully saturated rings. The standard InChI is InChI=1S/C18H18F2N2O3S/c19-14-7-5-13(6-8-14)18(23)21-15-9-11-22(12-10-15)26(24,25)17-4-2-1-3-16(17)20/h1-8,15H,9-12H2,(H,21,23). The second kappa shape index (κ2) is 7.51. The topological polar surface area (TPSA) is 66.5 Å². The number of hydrogen-bond acceptors (Lipinski definition) is 3. The van der Waals surface area contributed by atoms with Gasteiger partial charge < -0.3 is 5.32 Å². The van der Waals surface area contributed by atoms with Crippen LogP contribution in [0.5, 0.6) is 0 Å². The van der Waals surface area contributed by atoms with Crippen molar-refractivity contribution in [3.63, 3.8) is 0 Å². The van der Waals surface area contributed by atoms with Crippen LogP contribution in [0.1, 0.15) is 23.2 Å². The molecule has 0 bridgehead atoms. The van der Waals surface area contributed by atoms with Crippen molar-refractivity contribution in [2.75, 3.05) is 13.1 Å². The Kier molecular flexibility index (Phi) is 5.33. The molecular weight excluding hydrogens is 362 g/mol. The highest BCUT2D eigenvalue weighted by atomic mass is 32.2. The number of carbonyl (C=O) groups excluding carboxylic acids is 1. The van der Waals surface area contributed by atoms with Crippen molar-refractivity contribution in [1.82, 2.24) is 9.62 Å². The van der Waals surface area contributed by atoms with E-state index in [1.807, 2.05) is 0 Å². The van der Waals surface area contributed by atoms with Crippen LogP contribution in [0, 0.1) is 11.6 Å². The monoisotopic (exact) mass is 380 g/mol. The van der Waals surface area contributed by atoms with Gasteiger partial charge in [-0.3, -0.25) is 4.79 Å². The second-order valence-corrected chi connectivity index (χ2v) is 8.00. The zero-order chi connectivity index (χ0) is 18.7. The maximum Gasteiger partial charge on any atom is 0.251 e. The lowest BCUT2D eigenvalue weighted by Crippen LogP contribution is -2.46. The van der Waals surface area contributed by atoms with Crippen LogP contribution in [0.15, 0.2) is 53.4 Å². The van der Waals surface area contributed by atoms with Gasteiger partial charge in [-0.2, -0.15) is 4.31 Å². The van der Waals surface area contributed by atoms with Crippen LogP contribution in [-0.4, -0.2) is 37.8 Å². The average molecular weight is 380 g/mol. The van der Waals surface area contributed by atoms with Crippen molar-refractivity contribution >= 4 is 15.9 Å². The summed E-state index contributed by atoms with van der Waals surface area (Å²) in [5, 5.41) is 2.82. The van der Waals surface area contributed by atoms with E-state index in [0.717, 1.165) is 6.07 Å². The SMILES string of the molecule is O=C(NC1CCN(S(=O)(=O)c2ccccc2F)CC1)c1ccc(F)cc1. The molecule has 0 atom stereocenters. The van der Waals surface area contributed by atoms with Crippen LogP contribution < -0.4 is 5.32 Å². The van der Waals surface area contributed by atoms with Crippen molar-refractivity contribution in [2.45, 2.75) is 23.8 Å². The summed E-state index contributed by atoms with van der Waals surface area (Å²) in [4.78, 5) is 11.8. The number of halogens is 2. The van der Waals surface area contributed by atoms with Gasteiger partial charge in [0.1, 0.15) is 16.5 Å². The van der Waals surface area contributed by atoms with Gasteiger partial charge in [-0.1, -0.05) is 12.1 Å². The quantitative estimate of drug-likeness (QED) is 0.887. The summed E-state index contributed by atoms with van der Waals surface area (Å²) in [6.07, 6.45) is 0.835. The summed E-state index contributed by atoms with van der Waals surface area (Å²) in [6, 6.07) is 10.3. The molecule has 0 spiro atoms. The van der Waals surface area contributed by atoms with Gasteiger partial charge in [0.25, 0.3) is 5.91 Å². The van der Waals surface area contributed by atoms with E-state index in [2.05, 4.69) is 5.32 Å². The van der Waals surface area contributed by atoms with E-state index in [9.17, 15) is 22.0 Å². The van der Waals surface area contributed by atoms with Crippen molar-refractivity contribution < 1.29 is 22.0 Å². The molecule has 0 radical (unpaired) electrons. The summed E-state index contributed by atoms with van der Waals surface area (Å²) in [7, 11) is -3.90. The average Bonchev–Trinajstić information content (AvgIpc) is 2.63. The maximum atomic E-state index is 13.8. The van der Waals surface area contributed by atoms with Crippen molar-refractivity contribution in [3.8, 4) is 0 Å². The molecule has 1 amide bonds. The molecule has 1 saturated heterocycles. The number of nitrogens with one attached hydrogen (secondary N) is 1. The van der Waals surface area contributed by atoms with Crippen LogP contribution in [0.25, 0.3) is 0 Å². The fraction of sp³-hybridized carbons (Fsp3) is 0.278. The molecule has 2 aromatic rings. The van der Waals surface area contributed by atoms with Gasteiger partial charge >= 0.3 is 0 Å². The molecule has 0 aliphatic carbocycles. The van der Waals surface area contributed by atoms with Gasteiger partial charge in [0, 0.05) is 24.7 Å². The first kappa shape index (κ1) is 18.5. The minimum absolute atomic E-state index is 0.186. The number of benzene rings is 2. The number of hydrogen-bond donors (Lipinski definition) is 1. The number of nitrogens with zero attached hydrogens (tertiary/aromatic N) is 1. The predicted molar refractivity (Wildman–Crippen MR) is 92.0 cm³/mol. The van der Waals surface area contributed by atoms with Gasteiger partial charge in [0.15, 0.2) is 0 Å². The number of carbonyl (C=O) groups is 1. The Morgan fingerprint density at radius 2 is 1.62 bits per heavy atom. The van der Waals surface area contributed by atoms with Gasteiger partial charge in [0.05, 0.1) is 0 Å². The fourth-order valence-corrected chi connectivity index (χ4v) is 4.44. The summed E-state index contributed by atoms with van der Waals surface area (Å²) in [6.45, 7) is 0.371. The molecule has 1 heterocycles. The Morgan fingerprint density at radius 1 is 1.00 bits per heavy atom. The fourth-order valence-electron chi connectivity index (χ4n) is 2.90. The van der Waals surface area contributed by atoms with E-state index in [4.69, 9.17) is 0 Å². The molecule has 1 aliphatic rings. The van der Waals surface area contributed by atoms with Crippen molar-refractivity contribution in [3.05, 3.63) is 65.7 Å². The van der Waals surface area contributed by atoms with Crippen molar-refractivity contribution in [2.24, 2.45) is 0 Å². The normalized spacial score (nSPS) is 16.4. The Bertz CT molecular complexity index is 893. The lowest BCUT2D eigenvalue weighted by molar-refractivity contribution is 0.0924. The predicted octanol–water partition coefficient (Wildman–Crippen LogP) is 2.55. The van der Waals surface area contributed by atoms with Crippen LogP contribution in [0.2, 0.25) is 0 Å². The first-order valence-electron chi connectivity index (χ1n) is 8.19. The van der Waals surface area contributed by atoms with Crippen LogP contribution in [0.4, 0.5) is 8.78 Å². The largest absolute Gasteiger partial charge is 0.349 e. The first-order valence-corrected chi connectivity index (χ1v) is 9.63. The Labute approximate surface area is 150 Å². The summed E-state index contributed by atoms with van der Waals surface area (Å²) >= 11 is 0. The highest BCUT2D eigenvalue weighted by molar-refractivity contribution is 7.89. The molecule has 0 unspecified atom stereocenters. The van der Waals surface area contributed by atoms with E-state index in [1.165, 1.54) is 46.8 Å². The molecule has 0 saturated carbocycles. The van der Waals surface area contributed by atoms with E-state index < -0.39 is 21.7 Å². The molecule has 8 heteroatoms. The Morgan fingerprint density at radius 3 is 2.23 bits per heavy atom. The molecule has 1 aliphatic heterocycles. The maximum absolute atomic E-state index is 13.8. The molecular formula is C18H18F2N2O3S.